The molecule has 0 aliphatic heterocycles. The van der Waals surface area contributed by atoms with Gasteiger partial charge in [-0.1, -0.05) is 37.8 Å². The van der Waals surface area contributed by atoms with Gasteiger partial charge < -0.3 is 5.73 Å². The average molecular weight is 284 g/mol. The average Bonchev–Trinajstić information content (AvgIpc) is 2.39. The van der Waals surface area contributed by atoms with Crippen molar-refractivity contribution in [2.24, 2.45) is 10.7 Å². The summed E-state index contributed by atoms with van der Waals surface area (Å²) in [6.07, 6.45) is 8.26. The monoisotopic (exact) mass is 284 g/mol. The molecule has 0 spiro atoms. The molecule has 0 saturated heterocycles. The minimum Gasteiger partial charge on any atom is -0.398 e. The zero-order valence-corrected chi connectivity index (χ0v) is 12.4. The summed E-state index contributed by atoms with van der Waals surface area (Å²) in [5, 5.41) is 0. The van der Waals surface area contributed by atoms with Gasteiger partial charge >= 0.3 is 0 Å². The molecule has 1 aliphatic rings. The lowest BCUT2D eigenvalue weighted by molar-refractivity contribution is 0.417. The Balaban J connectivity index is 2.45. The van der Waals surface area contributed by atoms with E-state index < -0.39 is 0 Å². The molecule has 0 heterocycles. The number of benzene rings is 1. The second-order valence-electron chi connectivity index (χ2n) is 5.27. The Morgan fingerprint density at radius 3 is 2.62 bits per heavy atom. The van der Waals surface area contributed by atoms with E-state index >= 15 is 0 Å². The second kappa shape index (κ2) is 6.53. The Kier molecular flexibility index (Phi) is 4.73. The fraction of sp³-hybridized carbons (Fsp3) is 0.278. The first-order valence-corrected chi connectivity index (χ1v) is 7.18. The van der Waals surface area contributed by atoms with Crippen molar-refractivity contribution in [1.82, 2.24) is 0 Å². The van der Waals surface area contributed by atoms with Gasteiger partial charge in [0.25, 0.3) is 0 Å². The summed E-state index contributed by atoms with van der Waals surface area (Å²) in [7, 11) is 0. The Labute approximate surface area is 125 Å². The predicted molar refractivity (Wildman–Crippen MR) is 88.6 cm³/mol. The highest BCUT2D eigenvalue weighted by Gasteiger charge is 2.24. The molecule has 1 fully saturated rings. The Hall–Kier alpha value is -2.16. The molecule has 1 aliphatic carbocycles. The van der Waals surface area contributed by atoms with Crippen LogP contribution in [-0.2, 0) is 0 Å². The molecule has 2 rings (SSSR count). The van der Waals surface area contributed by atoms with Crippen LogP contribution >= 0.6 is 0 Å². The summed E-state index contributed by atoms with van der Waals surface area (Å²) in [5.74, 6) is 0.199. The smallest absolute Gasteiger partial charge is 0.140 e. The predicted octanol–water partition coefficient (Wildman–Crippen LogP) is 4.64. The largest absolute Gasteiger partial charge is 0.398 e. The van der Waals surface area contributed by atoms with Gasteiger partial charge in [-0.2, -0.15) is 0 Å². The van der Waals surface area contributed by atoms with Crippen LogP contribution in [0.2, 0.25) is 0 Å². The Bertz CT molecular complexity index is 622. The van der Waals surface area contributed by atoms with E-state index in [0.29, 0.717) is 28.4 Å². The lowest BCUT2D eigenvalue weighted by atomic mass is 9.77. The van der Waals surface area contributed by atoms with Crippen molar-refractivity contribution in [3.8, 4) is 0 Å². The minimum absolute atomic E-state index is 0.262. The third-order valence-corrected chi connectivity index (χ3v) is 3.88. The maximum Gasteiger partial charge on any atom is 0.140 e. The van der Waals surface area contributed by atoms with E-state index in [-0.39, 0.29) is 5.82 Å². The van der Waals surface area contributed by atoms with Crippen LogP contribution in [0, 0.1) is 5.82 Å². The topological polar surface area (TPSA) is 38.4 Å². The first-order chi connectivity index (χ1) is 10.1. The number of aliphatic imine (C=N–C) groups is 1. The summed E-state index contributed by atoms with van der Waals surface area (Å²) in [5.41, 5.74) is 8.47. The molecule has 1 aromatic carbocycles. The van der Waals surface area contributed by atoms with Crippen molar-refractivity contribution in [3.63, 3.8) is 0 Å². The van der Waals surface area contributed by atoms with Crippen LogP contribution in [0.25, 0.3) is 11.8 Å². The molecule has 21 heavy (non-hydrogen) atoms. The van der Waals surface area contributed by atoms with E-state index in [1.165, 1.54) is 12.6 Å². The number of rotatable bonds is 5. The van der Waals surface area contributed by atoms with Gasteiger partial charge in [0, 0.05) is 23.0 Å². The summed E-state index contributed by atoms with van der Waals surface area (Å²) < 4.78 is 14.8. The fourth-order valence-electron chi connectivity index (χ4n) is 2.54. The zero-order valence-electron chi connectivity index (χ0n) is 12.4. The molecule has 0 unspecified atom stereocenters. The van der Waals surface area contributed by atoms with E-state index in [2.05, 4.69) is 18.2 Å². The van der Waals surface area contributed by atoms with Gasteiger partial charge in [0.1, 0.15) is 5.82 Å². The minimum atomic E-state index is -0.262. The molecule has 1 saturated carbocycles. The lowest BCUT2D eigenvalue weighted by Crippen LogP contribution is -2.11. The van der Waals surface area contributed by atoms with Crippen LogP contribution in [-0.4, -0.2) is 6.21 Å². The second-order valence-corrected chi connectivity index (χ2v) is 5.27. The van der Waals surface area contributed by atoms with Crippen LogP contribution in [0.4, 0.5) is 4.39 Å². The van der Waals surface area contributed by atoms with Crippen molar-refractivity contribution in [1.29, 1.82) is 0 Å². The standard InChI is InChI=1S/C18H21FN2/c1-4-14-15(13-7-6-8-13)9-10-16(18(14)19)17(5-2)21-11-12(3)20/h4-5,9-11,13H,1,3,6-8,20H2,2H3/b17-5-,21-11?. The van der Waals surface area contributed by atoms with Crippen molar-refractivity contribution in [3.05, 3.63) is 59.6 Å². The van der Waals surface area contributed by atoms with Gasteiger partial charge in [-0.25, -0.2) is 4.39 Å². The third kappa shape index (κ3) is 3.13. The van der Waals surface area contributed by atoms with Crippen LogP contribution in [0.5, 0.6) is 0 Å². The van der Waals surface area contributed by atoms with Gasteiger partial charge in [0.15, 0.2) is 0 Å². The van der Waals surface area contributed by atoms with Gasteiger partial charge in [-0.3, -0.25) is 4.99 Å². The number of nitrogens with zero attached hydrogens (tertiary/aromatic N) is 1. The van der Waals surface area contributed by atoms with Crippen molar-refractivity contribution >= 4 is 18.0 Å². The Morgan fingerprint density at radius 2 is 2.14 bits per heavy atom. The third-order valence-electron chi connectivity index (χ3n) is 3.88. The van der Waals surface area contributed by atoms with E-state index in [0.717, 1.165) is 18.4 Å². The normalized spacial score (nSPS) is 16.0. The summed E-state index contributed by atoms with van der Waals surface area (Å²) >= 11 is 0. The SMILES string of the molecule is C=Cc1c(C2CCC2)ccc(/C(=C/C)N=CC(=C)N)c1F. The molecular weight excluding hydrogens is 263 g/mol. The van der Waals surface area contributed by atoms with Gasteiger partial charge in [-0.15, -0.1) is 0 Å². The maximum absolute atomic E-state index is 14.8. The number of halogens is 1. The van der Waals surface area contributed by atoms with Gasteiger partial charge in [0.05, 0.1) is 5.70 Å². The van der Waals surface area contributed by atoms with Crippen molar-refractivity contribution < 1.29 is 4.39 Å². The summed E-state index contributed by atoms with van der Waals surface area (Å²) in [4.78, 5) is 4.19. The molecule has 2 N–H and O–H groups in total. The number of hydrogen-bond donors (Lipinski definition) is 1. The number of nitrogens with two attached hydrogens (primary N) is 1. The lowest BCUT2D eigenvalue weighted by Gasteiger charge is -2.28. The zero-order chi connectivity index (χ0) is 15.4. The summed E-state index contributed by atoms with van der Waals surface area (Å²) in [6, 6.07) is 3.79. The number of hydrogen-bond acceptors (Lipinski definition) is 2. The first kappa shape index (κ1) is 15.2. The molecule has 0 aromatic heterocycles. The first-order valence-electron chi connectivity index (χ1n) is 7.18. The quantitative estimate of drug-likeness (QED) is 0.786. The van der Waals surface area contributed by atoms with E-state index in [4.69, 9.17) is 5.73 Å². The molecule has 2 nitrogen and oxygen atoms in total. The highest BCUT2D eigenvalue weighted by atomic mass is 19.1. The Morgan fingerprint density at radius 1 is 1.43 bits per heavy atom. The highest BCUT2D eigenvalue weighted by Crippen LogP contribution is 2.40. The molecule has 0 radical (unpaired) electrons. The van der Waals surface area contributed by atoms with Gasteiger partial charge in [0.2, 0.25) is 0 Å². The molecule has 0 amide bonds. The van der Waals surface area contributed by atoms with E-state index in [9.17, 15) is 4.39 Å². The van der Waals surface area contributed by atoms with Crippen molar-refractivity contribution in [2.45, 2.75) is 32.1 Å². The number of allylic oxidation sites excluding steroid dienone is 2. The van der Waals surface area contributed by atoms with Crippen molar-refractivity contribution in [2.75, 3.05) is 0 Å². The molecule has 0 atom stereocenters. The van der Waals surface area contributed by atoms with Crippen LogP contribution < -0.4 is 5.73 Å². The maximum atomic E-state index is 14.8. The van der Waals surface area contributed by atoms with E-state index in [1.807, 2.05) is 13.0 Å². The molecular formula is C18H21FN2. The molecule has 3 heteroatoms. The van der Waals surface area contributed by atoms with Gasteiger partial charge in [-0.05, 0) is 37.3 Å². The molecule has 0 bridgehead atoms. The van der Waals surface area contributed by atoms with E-state index in [1.54, 1.807) is 18.2 Å². The molecule has 1 aromatic rings. The molecule has 110 valence electrons. The van der Waals surface area contributed by atoms with Crippen LogP contribution in [0.15, 0.2) is 42.1 Å². The summed E-state index contributed by atoms with van der Waals surface area (Å²) in [6.45, 7) is 9.14. The fourth-order valence-corrected chi connectivity index (χ4v) is 2.54. The van der Waals surface area contributed by atoms with Crippen LogP contribution in [0.3, 0.4) is 0 Å². The van der Waals surface area contributed by atoms with Crippen LogP contribution in [0.1, 0.15) is 48.8 Å². The highest BCUT2D eigenvalue weighted by molar-refractivity contribution is 5.83.